The summed E-state index contributed by atoms with van der Waals surface area (Å²) in [6, 6.07) is 0.109. The van der Waals surface area contributed by atoms with Crippen LogP contribution in [0.25, 0.3) is 0 Å². The van der Waals surface area contributed by atoms with E-state index in [0.717, 1.165) is 18.2 Å². The first kappa shape index (κ1) is 15.4. The zero-order valence-electron chi connectivity index (χ0n) is 11.7. The molecule has 6 nitrogen and oxygen atoms in total. The van der Waals surface area contributed by atoms with Crippen LogP contribution in [0.2, 0.25) is 0 Å². The van der Waals surface area contributed by atoms with Gasteiger partial charge in [-0.05, 0) is 0 Å². The van der Waals surface area contributed by atoms with Crippen molar-refractivity contribution < 1.29 is 14.3 Å². The van der Waals surface area contributed by atoms with Crippen LogP contribution in [0.1, 0.15) is 11.4 Å². The molecule has 0 spiro atoms. The average Bonchev–Trinajstić information content (AvgIpc) is 2.97. The monoisotopic (exact) mass is 299 g/mol. The van der Waals surface area contributed by atoms with Crippen LogP contribution in [0.15, 0.2) is 11.6 Å². The number of carbonyl (C=O) groups excluding carboxylic acids is 1. The fraction of sp³-hybridized carbons (Fsp3) is 0.692. The molecule has 0 aromatic carbocycles. The molecule has 2 rings (SSSR count). The van der Waals surface area contributed by atoms with Crippen molar-refractivity contribution >= 4 is 17.2 Å². The highest BCUT2D eigenvalue weighted by Gasteiger charge is 2.21. The van der Waals surface area contributed by atoms with Crippen molar-refractivity contribution in [2.24, 2.45) is 0 Å². The molecular weight excluding hydrogens is 278 g/mol. The van der Waals surface area contributed by atoms with E-state index >= 15 is 0 Å². The highest BCUT2D eigenvalue weighted by atomic mass is 32.1. The van der Waals surface area contributed by atoms with Crippen LogP contribution in [-0.2, 0) is 20.8 Å². The summed E-state index contributed by atoms with van der Waals surface area (Å²) in [7, 11) is 1.64. The minimum Gasteiger partial charge on any atom is -0.383 e. The Bertz CT molecular complexity index is 394. The lowest BCUT2D eigenvalue weighted by molar-refractivity contribution is -0.133. The molecule has 20 heavy (non-hydrogen) atoms. The summed E-state index contributed by atoms with van der Waals surface area (Å²) >= 11 is 1.56. The largest absolute Gasteiger partial charge is 0.383 e. The SMILES string of the molecule is COCCN(Cc1nccs1)C(=O)C[C@H]1COCCN1. The van der Waals surface area contributed by atoms with Gasteiger partial charge in [0.25, 0.3) is 0 Å². The predicted octanol–water partition coefficient (Wildman–Crippen LogP) is 0.497. The number of carbonyl (C=O) groups is 1. The van der Waals surface area contributed by atoms with E-state index in [9.17, 15) is 4.79 Å². The van der Waals surface area contributed by atoms with Crippen LogP contribution in [0.4, 0.5) is 0 Å². The van der Waals surface area contributed by atoms with Crippen molar-refractivity contribution in [2.75, 3.05) is 40.0 Å². The Kier molecular flexibility index (Phi) is 6.38. The Morgan fingerprint density at radius 1 is 1.70 bits per heavy atom. The number of ether oxygens (including phenoxy) is 2. The second-order valence-electron chi connectivity index (χ2n) is 4.66. The molecule has 1 atom stereocenters. The number of thiazole rings is 1. The molecule has 0 aliphatic carbocycles. The summed E-state index contributed by atoms with van der Waals surface area (Å²) in [6.45, 7) is 3.79. The van der Waals surface area contributed by atoms with Gasteiger partial charge < -0.3 is 19.7 Å². The van der Waals surface area contributed by atoms with Gasteiger partial charge in [-0.15, -0.1) is 11.3 Å². The number of morpholine rings is 1. The van der Waals surface area contributed by atoms with Gasteiger partial charge >= 0.3 is 0 Å². The Hall–Kier alpha value is -1.02. The quantitative estimate of drug-likeness (QED) is 0.794. The summed E-state index contributed by atoms with van der Waals surface area (Å²) in [5.74, 6) is 0.111. The van der Waals surface area contributed by atoms with E-state index in [1.54, 1.807) is 29.5 Å². The van der Waals surface area contributed by atoms with E-state index in [1.165, 1.54) is 0 Å². The molecule has 0 saturated carbocycles. The van der Waals surface area contributed by atoms with Crippen LogP contribution in [0, 0.1) is 0 Å². The maximum Gasteiger partial charge on any atom is 0.224 e. The topological polar surface area (TPSA) is 63.7 Å². The van der Waals surface area contributed by atoms with E-state index in [2.05, 4.69) is 10.3 Å². The van der Waals surface area contributed by atoms with E-state index in [4.69, 9.17) is 9.47 Å². The minimum absolute atomic E-state index is 0.109. The predicted molar refractivity (Wildman–Crippen MR) is 76.6 cm³/mol. The maximum atomic E-state index is 12.4. The summed E-state index contributed by atoms with van der Waals surface area (Å²) in [5.41, 5.74) is 0. The molecule has 0 bridgehead atoms. The van der Waals surface area contributed by atoms with Crippen molar-refractivity contribution in [2.45, 2.75) is 19.0 Å². The fourth-order valence-corrected chi connectivity index (χ4v) is 2.71. The second kappa shape index (κ2) is 8.31. The number of nitrogens with zero attached hydrogens (tertiary/aromatic N) is 2. The first-order valence-electron chi connectivity index (χ1n) is 6.76. The van der Waals surface area contributed by atoms with E-state index < -0.39 is 0 Å². The molecule has 1 fully saturated rings. The molecule has 1 saturated heterocycles. The standard InChI is InChI=1S/C13H21N3O3S/c1-18-6-4-16(9-12-15-3-7-20-12)13(17)8-11-10-19-5-2-14-11/h3,7,11,14H,2,4-6,8-10H2,1H3/t11-/m0/s1. The van der Waals surface area contributed by atoms with Gasteiger partial charge in [0.05, 0.1) is 26.4 Å². The van der Waals surface area contributed by atoms with Crippen LogP contribution in [0.3, 0.4) is 0 Å². The van der Waals surface area contributed by atoms with Gasteiger partial charge in [0, 0.05) is 44.2 Å². The van der Waals surface area contributed by atoms with E-state index in [-0.39, 0.29) is 11.9 Å². The Balaban J connectivity index is 1.88. The lowest BCUT2D eigenvalue weighted by atomic mass is 10.2. The fourth-order valence-electron chi connectivity index (χ4n) is 2.08. The molecule has 1 aromatic rings. The molecule has 2 heterocycles. The molecule has 7 heteroatoms. The summed E-state index contributed by atoms with van der Waals surface area (Å²) in [4.78, 5) is 18.4. The number of aromatic nitrogens is 1. The van der Waals surface area contributed by atoms with Crippen LogP contribution >= 0.6 is 11.3 Å². The highest BCUT2D eigenvalue weighted by molar-refractivity contribution is 7.09. The second-order valence-corrected chi connectivity index (χ2v) is 5.64. The van der Waals surface area contributed by atoms with Crippen LogP contribution in [-0.4, -0.2) is 61.9 Å². The van der Waals surface area contributed by atoms with Crippen molar-refractivity contribution in [1.29, 1.82) is 0 Å². The first-order valence-corrected chi connectivity index (χ1v) is 7.63. The third kappa shape index (κ3) is 4.82. The molecule has 1 aliphatic heterocycles. The van der Waals surface area contributed by atoms with Gasteiger partial charge in [-0.2, -0.15) is 0 Å². The van der Waals surface area contributed by atoms with E-state index in [0.29, 0.717) is 32.7 Å². The van der Waals surface area contributed by atoms with Gasteiger partial charge in [-0.25, -0.2) is 4.98 Å². The summed E-state index contributed by atoms with van der Waals surface area (Å²) < 4.78 is 10.5. The molecule has 1 N–H and O–H groups in total. The van der Waals surface area contributed by atoms with Crippen LogP contribution in [0.5, 0.6) is 0 Å². The number of methoxy groups -OCH3 is 1. The highest BCUT2D eigenvalue weighted by Crippen LogP contribution is 2.11. The van der Waals surface area contributed by atoms with Gasteiger partial charge in [0.1, 0.15) is 5.01 Å². The number of rotatable bonds is 7. The Morgan fingerprint density at radius 2 is 2.60 bits per heavy atom. The lowest BCUT2D eigenvalue weighted by Gasteiger charge is -2.27. The normalized spacial score (nSPS) is 18.9. The van der Waals surface area contributed by atoms with Crippen LogP contribution < -0.4 is 5.32 Å². The molecule has 0 unspecified atom stereocenters. The molecule has 1 amide bonds. The van der Waals surface area contributed by atoms with Gasteiger partial charge in [0.2, 0.25) is 5.91 Å². The van der Waals surface area contributed by atoms with Gasteiger partial charge in [0.15, 0.2) is 0 Å². The number of amides is 1. The number of nitrogens with one attached hydrogen (secondary N) is 1. The number of hydrogen-bond donors (Lipinski definition) is 1. The zero-order valence-corrected chi connectivity index (χ0v) is 12.5. The van der Waals surface area contributed by atoms with Crippen molar-refractivity contribution in [3.8, 4) is 0 Å². The van der Waals surface area contributed by atoms with E-state index in [1.807, 2.05) is 5.38 Å². The summed E-state index contributed by atoms with van der Waals surface area (Å²) in [6.07, 6.45) is 2.21. The molecular formula is C13H21N3O3S. The molecule has 1 aromatic heterocycles. The minimum atomic E-state index is 0.109. The Labute approximate surface area is 123 Å². The Morgan fingerprint density at radius 3 is 3.25 bits per heavy atom. The third-order valence-electron chi connectivity index (χ3n) is 3.15. The lowest BCUT2D eigenvalue weighted by Crippen LogP contribution is -2.45. The van der Waals surface area contributed by atoms with Gasteiger partial charge in [-0.1, -0.05) is 0 Å². The summed E-state index contributed by atoms with van der Waals surface area (Å²) in [5, 5.41) is 6.17. The van der Waals surface area contributed by atoms with Crippen molar-refractivity contribution in [3.63, 3.8) is 0 Å². The zero-order chi connectivity index (χ0) is 14.2. The average molecular weight is 299 g/mol. The van der Waals surface area contributed by atoms with Crippen molar-refractivity contribution in [3.05, 3.63) is 16.6 Å². The molecule has 112 valence electrons. The third-order valence-corrected chi connectivity index (χ3v) is 3.91. The number of hydrogen-bond acceptors (Lipinski definition) is 6. The molecule has 1 aliphatic rings. The first-order chi connectivity index (χ1) is 9.79. The van der Waals surface area contributed by atoms with Gasteiger partial charge in [-0.3, -0.25) is 4.79 Å². The maximum absolute atomic E-state index is 12.4. The smallest absolute Gasteiger partial charge is 0.224 e. The molecule has 0 radical (unpaired) electrons. The van der Waals surface area contributed by atoms with Crippen molar-refractivity contribution in [1.82, 2.24) is 15.2 Å².